The van der Waals surface area contributed by atoms with E-state index in [0.29, 0.717) is 12.4 Å². The molecule has 2 saturated heterocycles. The van der Waals surface area contributed by atoms with E-state index >= 15 is 0 Å². The van der Waals surface area contributed by atoms with Crippen molar-refractivity contribution in [1.82, 2.24) is 4.90 Å². The van der Waals surface area contributed by atoms with E-state index in [9.17, 15) is 9.90 Å². The molecule has 2 aliphatic rings. The molecule has 92 valence electrons. The van der Waals surface area contributed by atoms with Crippen LogP contribution in [0.5, 0.6) is 0 Å². The Labute approximate surface area is 100 Å². The van der Waals surface area contributed by atoms with E-state index in [0.717, 1.165) is 18.7 Å². The number of carbonyl (C=O) groups is 1. The third kappa shape index (κ3) is 1.96. The Bertz CT molecular complexity index is 278. The van der Waals surface area contributed by atoms with Crippen molar-refractivity contribution in [3.8, 4) is 0 Å². The number of morpholine rings is 1. The molecule has 2 heterocycles. The van der Waals surface area contributed by atoms with Crippen molar-refractivity contribution in [1.29, 1.82) is 0 Å². The van der Waals surface area contributed by atoms with Gasteiger partial charge in [0.1, 0.15) is 5.54 Å². The number of carboxylic acids is 1. The lowest BCUT2D eigenvalue weighted by atomic mass is 9.93. The van der Waals surface area contributed by atoms with Crippen LogP contribution in [0, 0.1) is 0 Å². The monoisotopic (exact) mass is 245 g/mol. The molecular weight excluding hydrogens is 226 g/mol. The van der Waals surface area contributed by atoms with Crippen molar-refractivity contribution in [3.63, 3.8) is 0 Å². The third-order valence-electron chi connectivity index (χ3n) is 3.56. The Balaban J connectivity index is 2.21. The molecule has 0 aromatic heterocycles. The van der Waals surface area contributed by atoms with Gasteiger partial charge in [0, 0.05) is 18.3 Å². The van der Waals surface area contributed by atoms with Crippen molar-refractivity contribution < 1.29 is 14.6 Å². The number of hydrogen-bond acceptors (Lipinski definition) is 4. The van der Waals surface area contributed by atoms with E-state index < -0.39 is 11.5 Å². The predicted octanol–water partition coefficient (Wildman–Crippen LogP) is 1.06. The first kappa shape index (κ1) is 12.2. The zero-order chi connectivity index (χ0) is 11.8. The molecule has 3 atom stereocenters. The standard InChI is InChI=1S/C11H19NO3S/c1-8-6-15-9(2)5-12(8)11(10(13)14)3-4-16-7-11/h8-9H,3-7H2,1-2H3,(H,13,14). The summed E-state index contributed by atoms with van der Waals surface area (Å²) in [6, 6.07) is 0.200. The van der Waals surface area contributed by atoms with Gasteiger partial charge in [-0.15, -0.1) is 0 Å². The molecule has 5 heteroatoms. The van der Waals surface area contributed by atoms with Crippen LogP contribution < -0.4 is 0 Å². The van der Waals surface area contributed by atoms with Gasteiger partial charge in [-0.25, -0.2) is 0 Å². The fraction of sp³-hybridized carbons (Fsp3) is 0.909. The van der Waals surface area contributed by atoms with Crippen molar-refractivity contribution in [3.05, 3.63) is 0 Å². The van der Waals surface area contributed by atoms with Gasteiger partial charge in [0.25, 0.3) is 0 Å². The lowest BCUT2D eigenvalue weighted by Crippen LogP contribution is -2.63. The summed E-state index contributed by atoms with van der Waals surface area (Å²) in [4.78, 5) is 13.7. The van der Waals surface area contributed by atoms with Gasteiger partial charge in [0.2, 0.25) is 0 Å². The summed E-state index contributed by atoms with van der Waals surface area (Å²) >= 11 is 1.74. The summed E-state index contributed by atoms with van der Waals surface area (Å²) in [5.74, 6) is 0.989. The van der Waals surface area contributed by atoms with Crippen LogP contribution in [0.3, 0.4) is 0 Å². The maximum Gasteiger partial charge on any atom is 0.325 e. The molecule has 0 aromatic carbocycles. The van der Waals surface area contributed by atoms with Crippen molar-refractivity contribution >= 4 is 17.7 Å². The zero-order valence-corrected chi connectivity index (χ0v) is 10.6. The fourth-order valence-corrected chi connectivity index (χ4v) is 3.97. The number of carboxylic acid groups (broad SMARTS) is 1. The lowest BCUT2D eigenvalue weighted by molar-refractivity contribution is -0.159. The maximum atomic E-state index is 11.6. The SMILES string of the molecule is CC1CN(C2(C(=O)O)CCSC2)C(C)CO1. The maximum absolute atomic E-state index is 11.6. The van der Waals surface area contributed by atoms with Crippen LogP contribution in [0.1, 0.15) is 20.3 Å². The van der Waals surface area contributed by atoms with Crippen LogP contribution in [0.4, 0.5) is 0 Å². The predicted molar refractivity (Wildman–Crippen MR) is 63.9 cm³/mol. The minimum absolute atomic E-state index is 0.137. The minimum atomic E-state index is -0.668. The van der Waals surface area contributed by atoms with E-state index in [2.05, 4.69) is 11.8 Å². The van der Waals surface area contributed by atoms with E-state index in [-0.39, 0.29) is 12.1 Å². The molecule has 2 rings (SSSR count). The number of ether oxygens (including phenoxy) is 1. The van der Waals surface area contributed by atoms with Crippen LogP contribution >= 0.6 is 11.8 Å². The molecule has 2 aliphatic heterocycles. The molecule has 16 heavy (non-hydrogen) atoms. The molecule has 0 bridgehead atoms. The molecule has 4 nitrogen and oxygen atoms in total. The molecule has 1 N–H and O–H groups in total. The van der Waals surface area contributed by atoms with Crippen LogP contribution in [0.25, 0.3) is 0 Å². The van der Waals surface area contributed by atoms with Gasteiger partial charge in [-0.3, -0.25) is 9.69 Å². The summed E-state index contributed by atoms with van der Waals surface area (Å²) in [6.45, 7) is 5.44. The van der Waals surface area contributed by atoms with Crippen molar-refractivity contribution in [2.45, 2.75) is 38.0 Å². The highest BCUT2D eigenvalue weighted by Gasteiger charge is 2.50. The molecule has 0 aromatic rings. The van der Waals surface area contributed by atoms with E-state index in [4.69, 9.17) is 4.74 Å². The largest absolute Gasteiger partial charge is 0.480 e. The van der Waals surface area contributed by atoms with Crippen molar-refractivity contribution in [2.75, 3.05) is 24.7 Å². The fourth-order valence-electron chi connectivity index (χ4n) is 2.57. The smallest absolute Gasteiger partial charge is 0.325 e. The topological polar surface area (TPSA) is 49.8 Å². The zero-order valence-electron chi connectivity index (χ0n) is 9.81. The molecule has 2 fully saturated rings. The number of aliphatic carboxylic acids is 1. The van der Waals surface area contributed by atoms with E-state index in [1.54, 1.807) is 11.8 Å². The third-order valence-corrected chi connectivity index (χ3v) is 4.73. The van der Waals surface area contributed by atoms with Gasteiger partial charge in [-0.05, 0) is 26.0 Å². The van der Waals surface area contributed by atoms with Crippen LogP contribution in [0.2, 0.25) is 0 Å². The molecule has 0 spiro atoms. The molecule has 3 unspecified atom stereocenters. The highest BCUT2D eigenvalue weighted by molar-refractivity contribution is 7.99. The number of rotatable bonds is 2. The normalized spacial score (nSPS) is 41.1. The Hall–Kier alpha value is -0.260. The minimum Gasteiger partial charge on any atom is -0.480 e. The van der Waals surface area contributed by atoms with Crippen LogP contribution in [-0.4, -0.2) is 58.3 Å². The first-order chi connectivity index (χ1) is 7.56. The van der Waals surface area contributed by atoms with Gasteiger partial charge in [-0.1, -0.05) is 0 Å². The Morgan fingerprint density at radius 1 is 1.56 bits per heavy atom. The molecule has 0 amide bonds. The average molecular weight is 245 g/mol. The second kappa shape index (κ2) is 4.55. The van der Waals surface area contributed by atoms with Crippen LogP contribution in [-0.2, 0) is 9.53 Å². The van der Waals surface area contributed by atoms with Gasteiger partial charge >= 0.3 is 5.97 Å². The van der Waals surface area contributed by atoms with E-state index in [1.807, 2.05) is 6.92 Å². The van der Waals surface area contributed by atoms with Gasteiger partial charge < -0.3 is 9.84 Å². The number of nitrogens with zero attached hydrogens (tertiary/aromatic N) is 1. The number of thioether (sulfide) groups is 1. The Kier molecular flexibility index (Phi) is 3.47. The van der Waals surface area contributed by atoms with Crippen molar-refractivity contribution in [2.24, 2.45) is 0 Å². The summed E-state index contributed by atoms with van der Waals surface area (Å²) in [7, 11) is 0. The lowest BCUT2D eigenvalue weighted by Gasteiger charge is -2.45. The molecular formula is C11H19NO3S. The Morgan fingerprint density at radius 3 is 2.88 bits per heavy atom. The highest BCUT2D eigenvalue weighted by Crippen LogP contribution is 2.36. The molecule has 0 aliphatic carbocycles. The second-order valence-electron chi connectivity index (χ2n) is 4.78. The average Bonchev–Trinajstić information content (AvgIpc) is 2.71. The van der Waals surface area contributed by atoms with Crippen LogP contribution in [0.15, 0.2) is 0 Å². The van der Waals surface area contributed by atoms with Gasteiger partial charge in [-0.2, -0.15) is 11.8 Å². The molecule has 0 saturated carbocycles. The quantitative estimate of drug-likeness (QED) is 0.788. The second-order valence-corrected chi connectivity index (χ2v) is 5.89. The van der Waals surface area contributed by atoms with E-state index in [1.165, 1.54) is 0 Å². The highest BCUT2D eigenvalue weighted by atomic mass is 32.2. The molecule has 0 radical (unpaired) electrons. The van der Waals surface area contributed by atoms with Gasteiger partial charge in [0.15, 0.2) is 0 Å². The number of hydrogen-bond donors (Lipinski definition) is 1. The van der Waals surface area contributed by atoms with Gasteiger partial charge in [0.05, 0.1) is 12.7 Å². The first-order valence-corrected chi connectivity index (χ1v) is 6.91. The Morgan fingerprint density at radius 2 is 2.31 bits per heavy atom. The summed E-state index contributed by atoms with van der Waals surface area (Å²) in [6.07, 6.45) is 0.891. The summed E-state index contributed by atoms with van der Waals surface area (Å²) in [5.41, 5.74) is -0.651. The first-order valence-electron chi connectivity index (χ1n) is 5.76. The summed E-state index contributed by atoms with van der Waals surface area (Å²) < 4.78 is 5.56. The summed E-state index contributed by atoms with van der Waals surface area (Å²) in [5, 5.41) is 9.52.